The van der Waals surface area contributed by atoms with Gasteiger partial charge in [0.15, 0.2) is 0 Å². The fourth-order valence-corrected chi connectivity index (χ4v) is 2.26. The molecule has 6 heteroatoms. The van der Waals surface area contributed by atoms with E-state index in [1.165, 1.54) is 0 Å². The number of aromatic nitrogens is 1. The van der Waals surface area contributed by atoms with E-state index in [1.54, 1.807) is 20.1 Å². The van der Waals surface area contributed by atoms with Crippen molar-refractivity contribution in [1.29, 1.82) is 0 Å². The number of carbonyl (C=O) groups excluding carboxylic acids is 2. The van der Waals surface area contributed by atoms with Crippen molar-refractivity contribution in [3.05, 3.63) is 35.5 Å². The highest BCUT2D eigenvalue weighted by Crippen LogP contribution is 2.21. The molecule has 1 aromatic carbocycles. The van der Waals surface area contributed by atoms with Crippen LogP contribution < -0.4 is 10.1 Å². The van der Waals surface area contributed by atoms with Gasteiger partial charge < -0.3 is 14.8 Å². The Kier molecular flexibility index (Phi) is 6.12. The van der Waals surface area contributed by atoms with Crippen LogP contribution in [-0.4, -0.2) is 37.1 Å². The Morgan fingerprint density at radius 3 is 2.75 bits per heavy atom. The summed E-state index contributed by atoms with van der Waals surface area (Å²) in [5, 5.41) is 3.59. The number of nitrogens with one attached hydrogen (secondary N) is 1. The number of aryl methyl sites for hydroxylation is 1. The van der Waals surface area contributed by atoms with E-state index in [0.717, 1.165) is 23.1 Å². The fraction of sp³-hybridized carbons (Fsp3) is 0.389. The first kappa shape index (κ1) is 17.7. The average Bonchev–Trinajstić information content (AvgIpc) is 2.58. The second-order valence-corrected chi connectivity index (χ2v) is 5.41. The first-order valence-corrected chi connectivity index (χ1v) is 7.94. The molecule has 1 amide bonds. The zero-order valence-corrected chi connectivity index (χ0v) is 14.2. The minimum Gasteiger partial charge on any atom is -0.497 e. The molecule has 2 aromatic rings. The van der Waals surface area contributed by atoms with Gasteiger partial charge in [-0.2, -0.15) is 0 Å². The van der Waals surface area contributed by atoms with Crippen LogP contribution in [-0.2, 0) is 9.53 Å². The molecule has 0 saturated carbocycles. The lowest BCUT2D eigenvalue weighted by atomic mass is 10.1. The summed E-state index contributed by atoms with van der Waals surface area (Å²) in [6.07, 6.45) is 0.938. The number of carbonyl (C=O) groups is 2. The van der Waals surface area contributed by atoms with Crippen LogP contribution in [0, 0.1) is 6.92 Å². The van der Waals surface area contributed by atoms with Gasteiger partial charge in [0.2, 0.25) is 0 Å². The SMILES string of the molecule is CCCOC(=O)CCNC(=O)c1cc2ccc(OC)cc2nc1C. The summed E-state index contributed by atoms with van der Waals surface area (Å²) in [4.78, 5) is 28.2. The highest BCUT2D eigenvalue weighted by molar-refractivity contribution is 5.98. The van der Waals surface area contributed by atoms with Gasteiger partial charge in [0.05, 0.1) is 36.9 Å². The topological polar surface area (TPSA) is 77.5 Å². The molecule has 6 nitrogen and oxygen atoms in total. The van der Waals surface area contributed by atoms with Crippen LogP contribution in [0.1, 0.15) is 35.8 Å². The first-order valence-electron chi connectivity index (χ1n) is 7.94. The third-order valence-electron chi connectivity index (χ3n) is 3.54. The number of hydrogen-bond donors (Lipinski definition) is 1. The van der Waals surface area contributed by atoms with E-state index in [2.05, 4.69) is 10.3 Å². The molecule has 0 atom stereocenters. The van der Waals surface area contributed by atoms with Crippen LogP contribution in [0.25, 0.3) is 10.9 Å². The quantitative estimate of drug-likeness (QED) is 0.790. The zero-order chi connectivity index (χ0) is 17.5. The fourth-order valence-electron chi connectivity index (χ4n) is 2.26. The van der Waals surface area contributed by atoms with Gasteiger partial charge in [-0.1, -0.05) is 6.92 Å². The molecule has 1 aromatic heterocycles. The van der Waals surface area contributed by atoms with Crippen molar-refractivity contribution in [3.63, 3.8) is 0 Å². The summed E-state index contributed by atoms with van der Waals surface area (Å²) in [7, 11) is 1.60. The number of methoxy groups -OCH3 is 1. The van der Waals surface area contributed by atoms with Gasteiger partial charge in [-0.25, -0.2) is 0 Å². The summed E-state index contributed by atoms with van der Waals surface area (Å²) in [5.74, 6) is 0.163. The molecule has 0 aliphatic carbocycles. The van der Waals surface area contributed by atoms with Crippen LogP contribution in [0.15, 0.2) is 24.3 Å². The van der Waals surface area contributed by atoms with Gasteiger partial charge in [-0.3, -0.25) is 14.6 Å². The standard InChI is InChI=1S/C18H22N2O4/c1-4-9-24-17(21)7-8-19-18(22)15-10-13-5-6-14(23-3)11-16(13)20-12(15)2/h5-6,10-11H,4,7-9H2,1-3H3,(H,19,22). The normalized spacial score (nSPS) is 10.5. The van der Waals surface area contributed by atoms with Crippen LogP contribution in [0.3, 0.4) is 0 Å². The van der Waals surface area contributed by atoms with Gasteiger partial charge in [0, 0.05) is 18.0 Å². The third kappa shape index (κ3) is 4.44. The number of rotatable bonds is 7. The minimum absolute atomic E-state index is 0.156. The van der Waals surface area contributed by atoms with Crippen molar-refractivity contribution < 1.29 is 19.1 Å². The second kappa shape index (κ2) is 8.29. The van der Waals surface area contributed by atoms with Gasteiger partial charge in [0.25, 0.3) is 5.91 Å². The van der Waals surface area contributed by atoms with E-state index in [1.807, 2.05) is 25.1 Å². The second-order valence-electron chi connectivity index (χ2n) is 5.41. The maximum absolute atomic E-state index is 12.3. The number of esters is 1. The average molecular weight is 330 g/mol. The molecule has 1 heterocycles. The van der Waals surface area contributed by atoms with E-state index in [-0.39, 0.29) is 24.8 Å². The number of fused-ring (bicyclic) bond motifs is 1. The summed E-state index contributed by atoms with van der Waals surface area (Å²) in [6.45, 7) is 4.36. The lowest BCUT2D eigenvalue weighted by molar-refractivity contribution is -0.143. The van der Waals surface area contributed by atoms with Gasteiger partial charge in [-0.05, 0) is 31.5 Å². The molecule has 24 heavy (non-hydrogen) atoms. The molecular weight excluding hydrogens is 308 g/mol. The molecule has 0 spiro atoms. The zero-order valence-electron chi connectivity index (χ0n) is 14.2. The van der Waals surface area contributed by atoms with Crippen molar-refractivity contribution in [2.45, 2.75) is 26.7 Å². The minimum atomic E-state index is -0.308. The van der Waals surface area contributed by atoms with E-state index in [0.29, 0.717) is 17.9 Å². The lowest BCUT2D eigenvalue weighted by Crippen LogP contribution is -2.27. The van der Waals surface area contributed by atoms with Crippen molar-refractivity contribution >= 4 is 22.8 Å². The predicted octanol–water partition coefficient (Wildman–Crippen LogP) is 2.62. The highest BCUT2D eigenvalue weighted by atomic mass is 16.5. The van der Waals surface area contributed by atoms with Crippen LogP contribution in [0.2, 0.25) is 0 Å². The lowest BCUT2D eigenvalue weighted by Gasteiger charge is -2.09. The van der Waals surface area contributed by atoms with E-state index < -0.39 is 0 Å². The first-order chi connectivity index (χ1) is 11.5. The van der Waals surface area contributed by atoms with Crippen molar-refractivity contribution in [2.24, 2.45) is 0 Å². The number of benzene rings is 1. The number of nitrogens with zero attached hydrogens (tertiary/aromatic N) is 1. The monoisotopic (exact) mass is 330 g/mol. The van der Waals surface area contributed by atoms with E-state index >= 15 is 0 Å². The Labute approximate surface area is 141 Å². The van der Waals surface area contributed by atoms with E-state index in [4.69, 9.17) is 9.47 Å². The summed E-state index contributed by atoms with van der Waals surface area (Å²) >= 11 is 0. The molecule has 0 aliphatic heterocycles. The Balaban J connectivity index is 2.04. The molecular formula is C18H22N2O4. The maximum atomic E-state index is 12.3. The number of ether oxygens (including phenoxy) is 2. The summed E-state index contributed by atoms with van der Waals surface area (Å²) in [6, 6.07) is 7.31. The summed E-state index contributed by atoms with van der Waals surface area (Å²) in [5.41, 5.74) is 1.89. The molecule has 0 saturated heterocycles. The van der Waals surface area contributed by atoms with Crippen LogP contribution in [0.5, 0.6) is 5.75 Å². The molecule has 0 aliphatic rings. The largest absolute Gasteiger partial charge is 0.497 e. The Morgan fingerprint density at radius 1 is 1.25 bits per heavy atom. The highest BCUT2D eigenvalue weighted by Gasteiger charge is 2.12. The summed E-state index contributed by atoms with van der Waals surface area (Å²) < 4.78 is 10.1. The third-order valence-corrected chi connectivity index (χ3v) is 3.54. The van der Waals surface area contributed by atoms with Gasteiger partial charge in [-0.15, -0.1) is 0 Å². The molecule has 2 rings (SSSR count). The van der Waals surface area contributed by atoms with Gasteiger partial charge >= 0.3 is 5.97 Å². The van der Waals surface area contributed by atoms with E-state index in [9.17, 15) is 9.59 Å². The Bertz CT molecular complexity index is 743. The van der Waals surface area contributed by atoms with Crippen LogP contribution in [0.4, 0.5) is 0 Å². The smallest absolute Gasteiger partial charge is 0.307 e. The Hall–Kier alpha value is -2.63. The van der Waals surface area contributed by atoms with Crippen LogP contribution >= 0.6 is 0 Å². The predicted molar refractivity (Wildman–Crippen MR) is 91.2 cm³/mol. The molecule has 0 bridgehead atoms. The number of pyridine rings is 1. The molecule has 1 N–H and O–H groups in total. The molecule has 128 valence electrons. The molecule has 0 radical (unpaired) electrons. The van der Waals surface area contributed by atoms with Crippen molar-refractivity contribution in [3.8, 4) is 5.75 Å². The van der Waals surface area contributed by atoms with Gasteiger partial charge in [0.1, 0.15) is 5.75 Å². The molecule has 0 unspecified atom stereocenters. The molecule has 0 fully saturated rings. The maximum Gasteiger partial charge on any atom is 0.307 e. The van der Waals surface area contributed by atoms with Crippen molar-refractivity contribution in [2.75, 3.05) is 20.3 Å². The Morgan fingerprint density at radius 2 is 2.04 bits per heavy atom. The van der Waals surface area contributed by atoms with Crippen molar-refractivity contribution in [1.82, 2.24) is 10.3 Å². The number of amides is 1. The number of hydrogen-bond acceptors (Lipinski definition) is 5.